The van der Waals surface area contributed by atoms with Gasteiger partial charge in [-0.1, -0.05) is 18.2 Å². The fourth-order valence-electron chi connectivity index (χ4n) is 3.38. The minimum Gasteiger partial charge on any atom is -0.312 e. The molecular weight excluding hydrogens is 208 g/mol. The van der Waals surface area contributed by atoms with Gasteiger partial charge in [-0.05, 0) is 62.4 Å². The normalized spacial score (nSPS) is 24.9. The Bertz CT molecular complexity index is 394. The molecule has 0 amide bonds. The smallest absolute Gasteiger partial charge is 0.0473 e. The van der Waals surface area contributed by atoms with Crippen molar-refractivity contribution in [2.75, 3.05) is 13.6 Å². The molecule has 1 aromatic rings. The van der Waals surface area contributed by atoms with Gasteiger partial charge in [0.2, 0.25) is 0 Å². The van der Waals surface area contributed by atoms with Crippen molar-refractivity contribution in [3.63, 3.8) is 0 Å². The second-order valence-corrected chi connectivity index (χ2v) is 5.35. The molecule has 3 rings (SSSR count). The Morgan fingerprint density at radius 3 is 2.88 bits per heavy atom. The van der Waals surface area contributed by atoms with Crippen LogP contribution in [0.1, 0.15) is 42.0 Å². The lowest BCUT2D eigenvalue weighted by atomic mass is 9.95. The molecule has 0 bridgehead atoms. The van der Waals surface area contributed by atoms with Gasteiger partial charge in [-0.2, -0.15) is 0 Å². The number of rotatable bonds is 3. The number of likely N-dealkylation sites (N-methyl/N-ethyl adjacent to an activating group) is 1. The molecule has 2 heteroatoms. The molecular formula is C15H22N2. The number of benzene rings is 1. The Morgan fingerprint density at radius 1 is 1.24 bits per heavy atom. The van der Waals surface area contributed by atoms with Crippen LogP contribution >= 0.6 is 0 Å². The van der Waals surface area contributed by atoms with E-state index in [0.29, 0.717) is 12.1 Å². The summed E-state index contributed by atoms with van der Waals surface area (Å²) in [6.45, 7) is 1.17. The zero-order valence-electron chi connectivity index (χ0n) is 10.6. The largest absolute Gasteiger partial charge is 0.312 e. The van der Waals surface area contributed by atoms with Crippen LogP contribution in [-0.4, -0.2) is 19.6 Å². The Morgan fingerprint density at radius 2 is 2.12 bits per heavy atom. The summed E-state index contributed by atoms with van der Waals surface area (Å²) in [5.41, 5.74) is 4.62. The molecule has 2 aliphatic rings. The Hall–Kier alpha value is -0.860. The first-order valence-corrected chi connectivity index (χ1v) is 6.91. The topological polar surface area (TPSA) is 24.1 Å². The van der Waals surface area contributed by atoms with E-state index in [1.807, 2.05) is 0 Å². The van der Waals surface area contributed by atoms with Gasteiger partial charge in [0.15, 0.2) is 0 Å². The zero-order valence-corrected chi connectivity index (χ0v) is 10.6. The molecule has 0 spiro atoms. The van der Waals surface area contributed by atoms with Crippen LogP contribution in [-0.2, 0) is 12.8 Å². The van der Waals surface area contributed by atoms with Gasteiger partial charge in [0.05, 0.1) is 0 Å². The number of nitrogens with one attached hydrogen (secondary N) is 2. The SMILES string of the molecule is CNC(c1ccc2c(c1)CCC2)C1CCCN1. The maximum Gasteiger partial charge on any atom is 0.0473 e. The second kappa shape index (κ2) is 4.79. The molecule has 2 unspecified atom stereocenters. The third-order valence-corrected chi connectivity index (χ3v) is 4.29. The van der Waals surface area contributed by atoms with E-state index in [1.165, 1.54) is 44.2 Å². The molecule has 1 aliphatic heterocycles. The van der Waals surface area contributed by atoms with Gasteiger partial charge in [-0.15, -0.1) is 0 Å². The summed E-state index contributed by atoms with van der Waals surface area (Å²) in [6, 6.07) is 8.19. The lowest BCUT2D eigenvalue weighted by molar-refractivity contribution is 0.440. The molecule has 2 nitrogen and oxygen atoms in total. The molecule has 1 aromatic carbocycles. The molecule has 92 valence electrons. The van der Waals surface area contributed by atoms with Crippen LogP contribution in [0.2, 0.25) is 0 Å². The number of hydrogen-bond donors (Lipinski definition) is 2. The van der Waals surface area contributed by atoms with E-state index in [-0.39, 0.29) is 0 Å². The zero-order chi connectivity index (χ0) is 11.7. The van der Waals surface area contributed by atoms with Gasteiger partial charge in [0.1, 0.15) is 0 Å². The highest BCUT2D eigenvalue weighted by Gasteiger charge is 2.25. The van der Waals surface area contributed by atoms with Crippen LogP contribution in [0.3, 0.4) is 0 Å². The molecule has 1 saturated heterocycles. The van der Waals surface area contributed by atoms with Crippen molar-refractivity contribution >= 4 is 0 Å². The van der Waals surface area contributed by atoms with Gasteiger partial charge in [0.25, 0.3) is 0 Å². The summed E-state index contributed by atoms with van der Waals surface area (Å²) in [5, 5.41) is 7.10. The average molecular weight is 230 g/mol. The molecule has 1 heterocycles. The maximum atomic E-state index is 3.61. The van der Waals surface area contributed by atoms with Gasteiger partial charge in [0, 0.05) is 12.1 Å². The van der Waals surface area contributed by atoms with E-state index in [2.05, 4.69) is 35.9 Å². The van der Waals surface area contributed by atoms with E-state index in [0.717, 1.165) is 0 Å². The molecule has 1 fully saturated rings. The van der Waals surface area contributed by atoms with E-state index in [1.54, 1.807) is 11.1 Å². The van der Waals surface area contributed by atoms with Crippen molar-refractivity contribution in [3.8, 4) is 0 Å². The molecule has 0 saturated carbocycles. The van der Waals surface area contributed by atoms with Crippen molar-refractivity contribution in [2.24, 2.45) is 0 Å². The maximum absolute atomic E-state index is 3.61. The van der Waals surface area contributed by atoms with Crippen LogP contribution in [0.4, 0.5) is 0 Å². The van der Waals surface area contributed by atoms with Crippen molar-refractivity contribution in [3.05, 3.63) is 34.9 Å². The fourth-order valence-corrected chi connectivity index (χ4v) is 3.38. The van der Waals surface area contributed by atoms with Crippen LogP contribution in [0.15, 0.2) is 18.2 Å². The fraction of sp³-hybridized carbons (Fsp3) is 0.600. The third kappa shape index (κ3) is 2.12. The molecule has 2 atom stereocenters. The van der Waals surface area contributed by atoms with Crippen molar-refractivity contribution in [1.82, 2.24) is 10.6 Å². The summed E-state index contributed by atoms with van der Waals surface area (Å²) in [5.74, 6) is 0. The molecule has 1 aliphatic carbocycles. The van der Waals surface area contributed by atoms with Gasteiger partial charge in [-0.25, -0.2) is 0 Å². The van der Waals surface area contributed by atoms with Gasteiger partial charge < -0.3 is 10.6 Å². The monoisotopic (exact) mass is 230 g/mol. The summed E-state index contributed by atoms with van der Waals surface area (Å²) >= 11 is 0. The predicted octanol–water partition coefficient (Wildman–Crippen LogP) is 2.19. The van der Waals surface area contributed by atoms with Crippen LogP contribution in [0, 0.1) is 0 Å². The Balaban J connectivity index is 1.85. The van der Waals surface area contributed by atoms with Crippen LogP contribution in [0.5, 0.6) is 0 Å². The predicted molar refractivity (Wildman–Crippen MR) is 71.3 cm³/mol. The minimum absolute atomic E-state index is 0.475. The van der Waals surface area contributed by atoms with E-state index < -0.39 is 0 Å². The second-order valence-electron chi connectivity index (χ2n) is 5.35. The molecule has 2 N–H and O–H groups in total. The van der Waals surface area contributed by atoms with E-state index >= 15 is 0 Å². The molecule has 0 radical (unpaired) electrons. The lowest BCUT2D eigenvalue weighted by Gasteiger charge is -2.24. The first-order valence-electron chi connectivity index (χ1n) is 6.91. The van der Waals surface area contributed by atoms with Gasteiger partial charge >= 0.3 is 0 Å². The molecule has 0 aromatic heterocycles. The minimum atomic E-state index is 0.475. The van der Waals surface area contributed by atoms with Gasteiger partial charge in [-0.3, -0.25) is 0 Å². The van der Waals surface area contributed by atoms with E-state index in [9.17, 15) is 0 Å². The van der Waals surface area contributed by atoms with Crippen LogP contribution in [0.25, 0.3) is 0 Å². The summed E-state index contributed by atoms with van der Waals surface area (Å²) in [6.07, 6.45) is 6.50. The first kappa shape index (κ1) is 11.2. The third-order valence-electron chi connectivity index (χ3n) is 4.29. The highest BCUT2D eigenvalue weighted by molar-refractivity contribution is 5.37. The first-order chi connectivity index (χ1) is 8.38. The van der Waals surface area contributed by atoms with Crippen molar-refractivity contribution in [2.45, 2.75) is 44.2 Å². The quantitative estimate of drug-likeness (QED) is 0.832. The molecule has 17 heavy (non-hydrogen) atoms. The highest BCUT2D eigenvalue weighted by Crippen LogP contribution is 2.28. The number of fused-ring (bicyclic) bond motifs is 1. The lowest BCUT2D eigenvalue weighted by Crippen LogP contribution is -2.36. The highest BCUT2D eigenvalue weighted by atomic mass is 15.0. The van der Waals surface area contributed by atoms with Crippen molar-refractivity contribution < 1.29 is 0 Å². The number of aryl methyl sites for hydroxylation is 2. The van der Waals surface area contributed by atoms with E-state index in [4.69, 9.17) is 0 Å². The van der Waals surface area contributed by atoms with Crippen LogP contribution < -0.4 is 10.6 Å². The average Bonchev–Trinajstić information content (AvgIpc) is 2.99. The summed E-state index contributed by atoms with van der Waals surface area (Å²) in [7, 11) is 2.08. The van der Waals surface area contributed by atoms with Crippen molar-refractivity contribution in [1.29, 1.82) is 0 Å². The standard InChI is InChI=1S/C15H22N2/c1-16-15(14-6-3-9-17-14)13-8-7-11-4-2-5-12(11)10-13/h7-8,10,14-17H,2-6,9H2,1H3. The summed E-state index contributed by atoms with van der Waals surface area (Å²) in [4.78, 5) is 0. The Labute approximate surface area is 104 Å². The Kier molecular flexibility index (Phi) is 3.17. The number of hydrogen-bond acceptors (Lipinski definition) is 2. The summed E-state index contributed by atoms with van der Waals surface area (Å²) < 4.78 is 0.